The minimum absolute atomic E-state index is 0.312. The van der Waals surface area contributed by atoms with Crippen molar-refractivity contribution in [3.05, 3.63) is 68.7 Å². The molecule has 1 atom stereocenters. The van der Waals surface area contributed by atoms with Crippen LogP contribution in [0.25, 0.3) is 0 Å². The summed E-state index contributed by atoms with van der Waals surface area (Å²) in [6, 6.07) is 8.69. The number of hydrogen-bond donors (Lipinski definition) is 1. The fraction of sp³-hybridized carbons (Fsp3) is 0.250. The monoisotopic (exact) mass is 339 g/mol. The molecule has 0 aliphatic carbocycles. The number of halogens is 3. The predicted molar refractivity (Wildman–Crippen MR) is 80.9 cm³/mol. The third-order valence-electron chi connectivity index (χ3n) is 3.30. The molecule has 0 saturated carbocycles. The van der Waals surface area contributed by atoms with Crippen LogP contribution in [-0.4, -0.2) is 7.05 Å². The topological polar surface area (TPSA) is 12.0 Å². The highest BCUT2D eigenvalue weighted by Crippen LogP contribution is 2.29. The van der Waals surface area contributed by atoms with E-state index in [1.54, 1.807) is 26.1 Å². The van der Waals surface area contributed by atoms with Crippen LogP contribution < -0.4 is 5.32 Å². The molecule has 1 nitrogen and oxygen atoms in total. The third kappa shape index (κ3) is 2.91. The van der Waals surface area contributed by atoms with Gasteiger partial charge in [-0.1, -0.05) is 34.1 Å². The summed E-state index contributed by atoms with van der Waals surface area (Å²) in [4.78, 5) is 0. The van der Waals surface area contributed by atoms with Gasteiger partial charge >= 0.3 is 0 Å². The van der Waals surface area contributed by atoms with Gasteiger partial charge in [-0.05, 0) is 49.7 Å². The van der Waals surface area contributed by atoms with E-state index in [2.05, 4.69) is 21.2 Å². The Hall–Kier alpha value is -1.26. The first-order valence-corrected chi connectivity index (χ1v) is 7.12. The van der Waals surface area contributed by atoms with Crippen molar-refractivity contribution in [1.29, 1.82) is 0 Å². The molecule has 0 bridgehead atoms. The first-order valence-electron chi connectivity index (χ1n) is 6.33. The Labute approximate surface area is 126 Å². The van der Waals surface area contributed by atoms with Crippen molar-refractivity contribution in [3.63, 3.8) is 0 Å². The van der Waals surface area contributed by atoms with E-state index < -0.39 is 11.6 Å². The summed E-state index contributed by atoms with van der Waals surface area (Å²) in [6.07, 6.45) is 0. The molecular weight excluding hydrogens is 324 g/mol. The molecule has 0 radical (unpaired) electrons. The third-order valence-corrected chi connectivity index (χ3v) is 3.76. The van der Waals surface area contributed by atoms with E-state index >= 15 is 0 Å². The zero-order valence-electron chi connectivity index (χ0n) is 11.6. The summed E-state index contributed by atoms with van der Waals surface area (Å²) in [5.41, 5.74) is 2.57. The maximum absolute atomic E-state index is 14.2. The van der Waals surface area contributed by atoms with Crippen LogP contribution >= 0.6 is 15.9 Å². The molecule has 106 valence electrons. The fourth-order valence-electron chi connectivity index (χ4n) is 2.32. The van der Waals surface area contributed by atoms with Crippen LogP contribution in [-0.2, 0) is 0 Å². The van der Waals surface area contributed by atoms with E-state index in [-0.39, 0.29) is 6.04 Å². The Balaban J connectivity index is 2.55. The highest BCUT2D eigenvalue weighted by atomic mass is 79.9. The summed E-state index contributed by atoms with van der Waals surface area (Å²) in [5.74, 6) is -1.57. The van der Waals surface area contributed by atoms with E-state index in [0.29, 0.717) is 11.1 Å². The van der Waals surface area contributed by atoms with Gasteiger partial charge in [0.05, 0.1) is 6.04 Å². The minimum Gasteiger partial charge on any atom is -0.309 e. The SMILES string of the molecule is CNC(c1cc(C)cc(Br)c1)c1ccc(C)c(F)c1F. The first kappa shape index (κ1) is 15.1. The average molecular weight is 340 g/mol. The van der Waals surface area contributed by atoms with Gasteiger partial charge in [-0.2, -0.15) is 0 Å². The molecule has 1 unspecified atom stereocenters. The molecular formula is C16H16BrF2N. The lowest BCUT2D eigenvalue weighted by molar-refractivity contribution is 0.482. The van der Waals surface area contributed by atoms with Gasteiger partial charge in [0.25, 0.3) is 0 Å². The van der Waals surface area contributed by atoms with Crippen LogP contribution in [0.1, 0.15) is 28.3 Å². The van der Waals surface area contributed by atoms with Crippen LogP contribution in [0.15, 0.2) is 34.8 Å². The van der Waals surface area contributed by atoms with Gasteiger partial charge in [0.1, 0.15) is 0 Å². The van der Waals surface area contributed by atoms with E-state index in [1.165, 1.54) is 0 Å². The van der Waals surface area contributed by atoms with Crippen LogP contribution in [0.4, 0.5) is 8.78 Å². The van der Waals surface area contributed by atoms with E-state index in [0.717, 1.165) is 15.6 Å². The molecule has 0 fully saturated rings. The van der Waals surface area contributed by atoms with E-state index in [4.69, 9.17) is 0 Å². The highest BCUT2D eigenvalue weighted by Gasteiger charge is 2.20. The first-order chi connectivity index (χ1) is 9.43. The average Bonchev–Trinajstić information content (AvgIpc) is 2.38. The Bertz CT molecular complexity index is 620. The highest BCUT2D eigenvalue weighted by molar-refractivity contribution is 9.10. The maximum Gasteiger partial charge on any atom is 0.164 e. The van der Waals surface area contributed by atoms with Crippen molar-refractivity contribution in [2.45, 2.75) is 19.9 Å². The number of rotatable bonds is 3. The molecule has 0 amide bonds. The number of nitrogens with one attached hydrogen (secondary N) is 1. The van der Waals surface area contributed by atoms with Crippen molar-refractivity contribution in [3.8, 4) is 0 Å². The molecule has 0 saturated heterocycles. The molecule has 2 rings (SSSR count). The van der Waals surface area contributed by atoms with Crippen LogP contribution in [0.5, 0.6) is 0 Å². The van der Waals surface area contributed by atoms with Crippen LogP contribution in [0.3, 0.4) is 0 Å². The summed E-state index contributed by atoms with van der Waals surface area (Å²) in [7, 11) is 1.73. The molecule has 0 aromatic heterocycles. The molecule has 0 spiro atoms. The van der Waals surface area contributed by atoms with Gasteiger partial charge in [0.15, 0.2) is 11.6 Å². The largest absolute Gasteiger partial charge is 0.309 e. The fourth-order valence-corrected chi connectivity index (χ4v) is 2.94. The molecule has 2 aromatic carbocycles. The zero-order chi connectivity index (χ0) is 14.9. The number of hydrogen-bond acceptors (Lipinski definition) is 1. The van der Waals surface area contributed by atoms with E-state index in [1.807, 2.05) is 25.1 Å². The van der Waals surface area contributed by atoms with Crippen molar-refractivity contribution >= 4 is 15.9 Å². The second kappa shape index (κ2) is 6.02. The summed E-state index contributed by atoms with van der Waals surface area (Å²) >= 11 is 3.43. The minimum atomic E-state index is -0.790. The van der Waals surface area contributed by atoms with Crippen molar-refractivity contribution in [1.82, 2.24) is 5.32 Å². The Kier molecular flexibility index (Phi) is 4.55. The normalized spacial score (nSPS) is 12.5. The van der Waals surface area contributed by atoms with Gasteiger partial charge in [-0.25, -0.2) is 8.78 Å². The number of benzene rings is 2. The predicted octanol–water partition coefficient (Wildman–Crippen LogP) is 4.65. The van der Waals surface area contributed by atoms with Gasteiger partial charge in [-0.15, -0.1) is 0 Å². The lowest BCUT2D eigenvalue weighted by Crippen LogP contribution is -2.20. The number of aryl methyl sites for hydroxylation is 2. The molecule has 0 heterocycles. The molecule has 2 aromatic rings. The zero-order valence-corrected chi connectivity index (χ0v) is 13.2. The van der Waals surface area contributed by atoms with Gasteiger partial charge < -0.3 is 5.32 Å². The second-order valence-electron chi connectivity index (χ2n) is 4.88. The Morgan fingerprint density at radius 3 is 2.35 bits per heavy atom. The van der Waals surface area contributed by atoms with Gasteiger partial charge in [0, 0.05) is 10.0 Å². The lowest BCUT2D eigenvalue weighted by atomic mass is 9.96. The molecule has 0 aliphatic rings. The van der Waals surface area contributed by atoms with Crippen molar-refractivity contribution in [2.75, 3.05) is 7.05 Å². The van der Waals surface area contributed by atoms with E-state index in [9.17, 15) is 8.78 Å². The van der Waals surface area contributed by atoms with Gasteiger partial charge in [0.2, 0.25) is 0 Å². The Morgan fingerprint density at radius 2 is 1.75 bits per heavy atom. The quantitative estimate of drug-likeness (QED) is 0.857. The standard InChI is InChI=1S/C16H16BrF2N/c1-9-6-11(8-12(17)7-9)16(20-3)13-5-4-10(2)14(18)15(13)19/h4-8,16,20H,1-3H3. The van der Waals surface area contributed by atoms with Crippen LogP contribution in [0.2, 0.25) is 0 Å². The van der Waals surface area contributed by atoms with Crippen LogP contribution in [0, 0.1) is 25.5 Å². The summed E-state index contributed by atoms with van der Waals surface area (Å²) in [5, 5.41) is 3.05. The smallest absolute Gasteiger partial charge is 0.164 e. The summed E-state index contributed by atoms with van der Waals surface area (Å²) < 4.78 is 28.8. The summed E-state index contributed by atoms with van der Waals surface area (Å²) in [6.45, 7) is 3.52. The van der Waals surface area contributed by atoms with Crippen molar-refractivity contribution in [2.24, 2.45) is 0 Å². The molecule has 1 N–H and O–H groups in total. The second-order valence-corrected chi connectivity index (χ2v) is 5.80. The molecule has 0 aliphatic heterocycles. The maximum atomic E-state index is 14.2. The Morgan fingerprint density at radius 1 is 1.05 bits per heavy atom. The molecule has 4 heteroatoms. The van der Waals surface area contributed by atoms with Crippen molar-refractivity contribution < 1.29 is 8.78 Å². The molecule has 20 heavy (non-hydrogen) atoms. The lowest BCUT2D eigenvalue weighted by Gasteiger charge is -2.19. The van der Waals surface area contributed by atoms with Gasteiger partial charge in [-0.3, -0.25) is 0 Å².